The summed E-state index contributed by atoms with van der Waals surface area (Å²) in [7, 11) is 0. The smallest absolute Gasteiger partial charge is 0.171 e. The lowest BCUT2D eigenvalue weighted by atomic mass is 10.1. The van der Waals surface area contributed by atoms with E-state index >= 15 is 0 Å². The van der Waals surface area contributed by atoms with Crippen molar-refractivity contribution in [3.05, 3.63) is 83.9 Å². The first kappa shape index (κ1) is 24.0. The van der Waals surface area contributed by atoms with Crippen molar-refractivity contribution >= 4 is 34.8 Å². The van der Waals surface area contributed by atoms with Crippen LogP contribution in [0.15, 0.2) is 77.7 Å². The lowest BCUT2D eigenvalue weighted by molar-refractivity contribution is 0.287. The van der Waals surface area contributed by atoms with E-state index < -0.39 is 0 Å². The molecule has 0 spiro atoms. The maximum atomic E-state index is 5.74. The second-order valence-corrected chi connectivity index (χ2v) is 8.65. The van der Waals surface area contributed by atoms with E-state index in [2.05, 4.69) is 66.1 Å². The molecule has 32 heavy (non-hydrogen) atoms. The summed E-state index contributed by atoms with van der Waals surface area (Å²) in [6, 6.07) is 24.8. The molecule has 0 saturated carbocycles. The molecule has 0 fully saturated rings. The van der Waals surface area contributed by atoms with E-state index in [1.54, 1.807) is 0 Å². The van der Waals surface area contributed by atoms with Gasteiger partial charge in [-0.1, -0.05) is 36.4 Å². The first-order valence-electron chi connectivity index (χ1n) is 10.8. The fraction of sp³-hybridized carbons (Fsp3) is 0.269. The van der Waals surface area contributed by atoms with Gasteiger partial charge in [0.25, 0.3) is 0 Å². The van der Waals surface area contributed by atoms with Crippen molar-refractivity contribution in [1.82, 2.24) is 5.32 Å². The Morgan fingerprint density at radius 2 is 1.59 bits per heavy atom. The molecule has 0 aliphatic carbocycles. The predicted molar refractivity (Wildman–Crippen MR) is 139 cm³/mol. The van der Waals surface area contributed by atoms with E-state index in [0.717, 1.165) is 28.5 Å². The van der Waals surface area contributed by atoms with Crippen molar-refractivity contribution < 1.29 is 9.47 Å². The largest absolute Gasteiger partial charge is 0.490 e. The Morgan fingerprint density at radius 3 is 2.28 bits per heavy atom. The number of ether oxygens (including phenoxy) is 2. The fourth-order valence-corrected chi connectivity index (χ4v) is 4.32. The molecule has 2 N–H and O–H groups in total. The molecule has 0 amide bonds. The minimum atomic E-state index is 0.0198. The van der Waals surface area contributed by atoms with Gasteiger partial charge in [0.1, 0.15) is 0 Å². The monoisotopic (exact) mass is 466 g/mol. The van der Waals surface area contributed by atoms with Crippen LogP contribution in [0.25, 0.3) is 0 Å². The highest BCUT2D eigenvalue weighted by Gasteiger charge is 2.12. The van der Waals surface area contributed by atoms with Crippen molar-refractivity contribution in [1.29, 1.82) is 0 Å². The standard InChI is InChI=1S/C26H30N2O2S2/c1-4-29-24-16-13-21(17-25(24)30-5-2)19(3)27-26(31)28-22-14-11-20(12-15-22)18-32-23-9-7-6-8-10-23/h6-17,19H,4-5,18H2,1-3H3,(H2,27,28,31)/t19-/m0/s1. The molecule has 4 nitrogen and oxygen atoms in total. The average molecular weight is 467 g/mol. The van der Waals surface area contributed by atoms with Crippen LogP contribution in [0, 0.1) is 0 Å². The van der Waals surface area contributed by atoms with Gasteiger partial charge in [-0.25, -0.2) is 0 Å². The van der Waals surface area contributed by atoms with Crippen LogP contribution in [0.3, 0.4) is 0 Å². The quantitative estimate of drug-likeness (QED) is 0.252. The highest BCUT2D eigenvalue weighted by atomic mass is 32.2. The Balaban J connectivity index is 1.54. The van der Waals surface area contributed by atoms with Crippen molar-refractivity contribution in [2.75, 3.05) is 18.5 Å². The molecule has 0 bridgehead atoms. The minimum absolute atomic E-state index is 0.0198. The van der Waals surface area contributed by atoms with Gasteiger partial charge in [-0.2, -0.15) is 0 Å². The van der Waals surface area contributed by atoms with Crippen molar-refractivity contribution in [2.24, 2.45) is 0 Å². The van der Waals surface area contributed by atoms with Crippen LogP contribution in [0.2, 0.25) is 0 Å². The molecule has 3 aromatic rings. The number of anilines is 1. The Kier molecular flexibility index (Phi) is 9.26. The zero-order valence-corrected chi connectivity index (χ0v) is 20.4. The Morgan fingerprint density at radius 1 is 0.906 bits per heavy atom. The summed E-state index contributed by atoms with van der Waals surface area (Å²) in [5, 5.41) is 7.20. The van der Waals surface area contributed by atoms with Gasteiger partial charge in [0.05, 0.1) is 19.3 Å². The van der Waals surface area contributed by atoms with Gasteiger partial charge in [0.15, 0.2) is 16.6 Å². The van der Waals surface area contributed by atoms with Crippen molar-refractivity contribution in [2.45, 2.75) is 37.5 Å². The van der Waals surface area contributed by atoms with Crippen LogP contribution in [-0.4, -0.2) is 18.3 Å². The SMILES string of the molecule is CCOc1ccc([C@H](C)NC(=S)Nc2ccc(CSc3ccccc3)cc2)cc1OCC. The van der Waals surface area contributed by atoms with Crippen LogP contribution in [-0.2, 0) is 5.75 Å². The maximum Gasteiger partial charge on any atom is 0.171 e. The third-order valence-electron chi connectivity index (χ3n) is 4.78. The topological polar surface area (TPSA) is 42.5 Å². The molecular weight excluding hydrogens is 436 g/mol. The molecule has 6 heteroatoms. The maximum absolute atomic E-state index is 5.74. The molecule has 0 aliphatic heterocycles. The predicted octanol–water partition coefficient (Wildman–Crippen LogP) is 6.82. The van der Waals surface area contributed by atoms with Crippen LogP contribution < -0.4 is 20.1 Å². The highest BCUT2D eigenvalue weighted by molar-refractivity contribution is 7.98. The number of nitrogens with one attached hydrogen (secondary N) is 2. The van der Waals surface area contributed by atoms with Gasteiger partial charge in [-0.15, -0.1) is 11.8 Å². The summed E-state index contributed by atoms with van der Waals surface area (Å²) < 4.78 is 11.4. The van der Waals surface area contributed by atoms with Crippen LogP contribution in [0.5, 0.6) is 11.5 Å². The summed E-state index contributed by atoms with van der Waals surface area (Å²) in [6.45, 7) is 7.20. The highest BCUT2D eigenvalue weighted by Crippen LogP contribution is 2.31. The number of thioether (sulfide) groups is 1. The van der Waals surface area contributed by atoms with Crippen LogP contribution >= 0.6 is 24.0 Å². The summed E-state index contributed by atoms with van der Waals surface area (Å²) >= 11 is 7.36. The molecule has 0 heterocycles. The van der Waals surface area contributed by atoms with Crippen LogP contribution in [0.4, 0.5) is 5.69 Å². The van der Waals surface area contributed by atoms with E-state index in [0.29, 0.717) is 18.3 Å². The molecule has 168 valence electrons. The minimum Gasteiger partial charge on any atom is -0.490 e. The Labute approximate surface area is 200 Å². The van der Waals surface area contributed by atoms with Gasteiger partial charge in [-0.3, -0.25) is 0 Å². The second kappa shape index (κ2) is 12.4. The number of thiocarbonyl (C=S) groups is 1. The third kappa shape index (κ3) is 7.18. The normalized spacial score (nSPS) is 11.5. The third-order valence-corrected chi connectivity index (χ3v) is 6.08. The summed E-state index contributed by atoms with van der Waals surface area (Å²) in [4.78, 5) is 1.27. The van der Waals surface area contributed by atoms with Crippen molar-refractivity contribution in [3.8, 4) is 11.5 Å². The molecule has 0 aromatic heterocycles. The summed E-state index contributed by atoms with van der Waals surface area (Å²) in [5.41, 5.74) is 3.31. The summed E-state index contributed by atoms with van der Waals surface area (Å²) in [5.74, 6) is 2.45. The second-order valence-electron chi connectivity index (χ2n) is 7.19. The van der Waals surface area contributed by atoms with E-state index in [1.165, 1.54) is 10.5 Å². The fourth-order valence-electron chi connectivity index (χ4n) is 3.15. The molecule has 0 unspecified atom stereocenters. The molecule has 1 atom stereocenters. The molecular formula is C26H30N2O2S2. The zero-order chi connectivity index (χ0) is 22.8. The lowest BCUT2D eigenvalue weighted by Gasteiger charge is -2.19. The molecule has 3 rings (SSSR count). The number of hydrogen-bond acceptors (Lipinski definition) is 4. The number of benzene rings is 3. The molecule has 0 aliphatic rings. The van der Waals surface area contributed by atoms with Gasteiger partial charge >= 0.3 is 0 Å². The lowest BCUT2D eigenvalue weighted by Crippen LogP contribution is -2.30. The van der Waals surface area contributed by atoms with Crippen LogP contribution in [0.1, 0.15) is 37.9 Å². The zero-order valence-electron chi connectivity index (χ0n) is 18.8. The molecule has 0 saturated heterocycles. The van der Waals surface area contributed by atoms with Crippen molar-refractivity contribution in [3.63, 3.8) is 0 Å². The van der Waals surface area contributed by atoms with Gasteiger partial charge < -0.3 is 20.1 Å². The van der Waals surface area contributed by atoms with E-state index in [9.17, 15) is 0 Å². The number of hydrogen-bond donors (Lipinski definition) is 2. The van der Waals surface area contributed by atoms with E-state index in [4.69, 9.17) is 21.7 Å². The van der Waals surface area contributed by atoms with E-state index in [1.807, 2.05) is 49.9 Å². The Bertz CT molecular complexity index is 994. The Hall–Kier alpha value is -2.70. The molecule has 3 aromatic carbocycles. The number of rotatable bonds is 10. The average Bonchev–Trinajstić information content (AvgIpc) is 2.80. The van der Waals surface area contributed by atoms with E-state index in [-0.39, 0.29) is 6.04 Å². The van der Waals surface area contributed by atoms with Gasteiger partial charge in [0.2, 0.25) is 0 Å². The first-order chi connectivity index (χ1) is 15.6. The van der Waals surface area contributed by atoms with Gasteiger partial charge in [0, 0.05) is 16.3 Å². The molecule has 0 radical (unpaired) electrons. The van der Waals surface area contributed by atoms with Gasteiger partial charge in [-0.05, 0) is 80.5 Å². The first-order valence-corrected chi connectivity index (χ1v) is 12.2. The summed E-state index contributed by atoms with van der Waals surface area (Å²) in [6.07, 6.45) is 0.